The molecule has 2 aromatic carbocycles. The minimum absolute atomic E-state index is 0.163. The number of esters is 1. The van der Waals surface area contributed by atoms with Gasteiger partial charge in [0.2, 0.25) is 5.43 Å². The summed E-state index contributed by atoms with van der Waals surface area (Å²) in [4.78, 5) is 25.1. The lowest BCUT2D eigenvalue weighted by atomic mass is 10.0. The minimum atomic E-state index is -0.335. The van der Waals surface area contributed by atoms with Crippen molar-refractivity contribution < 1.29 is 23.7 Å². The summed E-state index contributed by atoms with van der Waals surface area (Å²) in [5.74, 6) is 1.32. The molecule has 0 saturated carbocycles. The number of aryl methyl sites for hydroxylation is 1. The van der Waals surface area contributed by atoms with Gasteiger partial charge in [-0.15, -0.1) is 0 Å². The number of carbonyl (C=O) groups is 1. The van der Waals surface area contributed by atoms with Gasteiger partial charge >= 0.3 is 5.97 Å². The molecular formula is C22H23NO6. The zero-order valence-corrected chi connectivity index (χ0v) is 16.9. The average Bonchev–Trinajstić information content (AvgIpc) is 2.77. The summed E-state index contributed by atoms with van der Waals surface area (Å²) >= 11 is 0. The van der Waals surface area contributed by atoms with Crippen molar-refractivity contribution in [1.82, 2.24) is 4.57 Å². The highest BCUT2D eigenvalue weighted by molar-refractivity contribution is 5.90. The molecule has 7 nitrogen and oxygen atoms in total. The Hall–Kier alpha value is -3.48. The predicted molar refractivity (Wildman–Crippen MR) is 110 cm³/mol. The fraction of sp³-hybridized carbons (Fsp3) is 0.273. The van der Waals surface area contributed by atoms with E-state index < -0.39 is 0 Å². The van der Waals surface area contributed by atoms with Crippen LogP contribution in [0.4, 0.5) is 0 Å². The quantitative estimate of drug-likeness (QED) is 0.570. The lowest BCUT2D eigenvalue weighted by Gasteiger charge is -2.16. The summed E-state index contributed by atoms with van der Waals surface area (Å²) < 4.78 is 22.6. The molecule has 7 heteroatoms. The molecule has 0 radical (unpaired) electrons. The fourth-order valence-electron chi connectivity index (χ4n) is 3.20. The Labute approximate surface area is 168 Å². The molecule has 0 N–H and O–H groups in total. The number of carbonyl (C=O) groups excluding carboxylic acids is 1. The van der Waals surface area contributed by atoms with E-state index in [1.54, 1.807) is 44.7 Å². The van der Waals surface area contributed by atoms with Crippen molar-refractivity contribution >= 4 is 16.9 Å². The van der Waals surface area contributed by atoms with Gasteiger partial charge in [0.25, 0.3) is 0 Å². The molecule has 1 heterocycles. The Morgan fingerprint density at radius 3 is 2.21 bits per heavy atom. The number of ether oxygens (including phenoxy) is 4. The van der Waals surface area contributed by atoms with Gasteiger partial charge < -0.3 is 23.5 Å². The van der Waals surface area contributed by atoms with Crippen molar-refractivity contribution in [3.8, 4) is 28.4 Å². The smallest absolute Gasteiger partial charge is 0.307 e. The zero-order chi connectivity index (χ0) is 21.0. The van der Waals surface area contributed by atoms with E-state index in [9.17, 15) is 9.59 Å². The Kier molecular flexibility index (Phi) is 6.07. The third-order valence-electron chi connectivity index (χ3n) is 4.76. The molecule has 3 rings (SSSR count). The highest BCUT2D eigenvalue weighted by Gasteiger charge is 2.17. The number of rotatable bonds is 7. The summed E-state index contributed by atoms with van der Waals surface area (Å²) in [5, 5.41) is 0.423. The Morgan fingerprint density at radius 1 is 0.931 bits per heavy atom. The third kappa shape index (κ3) is 4.03. The Morgan fingerprint density at radius 2 is 1.62 bits per heavy atom. The van der Waals surface area contributed by atoms with E-state index in [1.165, 1.54) is 14.2 Å². The van der Waals surface area contributed by atoms with Gasteiger partial charge in [-0.05, 0) is 17.7 Å². The summed E-state index contributed by atoms with van der Waals surface area (Å²) in [6, 6.07) is 10.7. The predicted octanol–water partition coefficient (Wildman–Crippen LogP) is 3.26. The molecule has 0 aliphatic rings. The highest BCUT2D eigenvalue weighted by atomic mass is 16.5. The summed E-state index contributed by atoms with van der Waals surface area (Å²) in [5.41, 5.74) is 1.68. The van der Waals surface area contributed by atoms with E-state index in [0.29, 0.717) is 40.3 Å². The van der Waals surface area contributed by atoms with Crippen molar-refractivity contribution in [3.63, 3.8) is 0 Å². The van der Waals surface area contributed by atoms with E-state index in [2.05, 4.69) is 0 Å². The average molecular weight is 397 g/mol. The van der Waals surface area contributed by atoms with E-state index in [1.807, 2.05) is 16.7 Å². The lowest BCUT2D eigenvalue weighted by Crippen LogP contribution is -2.15. The third-order valence-corrected chi connectivity index (χ3v) is 4.76. The van der Waals surface area contributed by atoms with Crippen LogP contribution in [0.2, 0.25) is 0 Å². The number of hydrogen-bond acceptors (Lipinski definition) is 6. The van der Waals surface area contributed by atoms with Crippen LogP contribution < -0.4 is 19.6 Å². The molecule has 29 heavy (non-hydrogen) atoms. The van der Waals surface area contributed by atoms with Gasteiger partial charge in [-0.1, -0.05) is 12.1 Å². The number of benzene rings is 2. The first-order valence-electron chi connectivity index (χ1n) is 9.02. The first-order valence-corrected chi connectivity index (χ1v) is 9.02. The van der Waals surface area contributed by atoms with Crippen molar-refractivity contribution in [2.45, 2.75) is 13.0 Å². The maximum atomic E-state index is 13.4. The Bertz CT molecular complexity index is 1090. The second-order valence-electron chi connectivity index (χ2n) is 6.34. The number of methoxy groups -OCH3 is 4. The van der Waals surface area contributed by atoms with E-state index in [4.69, 9.17) is 18.9 Å². The van der Waals surface area contributed by atoms with Gasteiger partial charge in [-0.2, -0.15) is 0 Å². The number of aromatic nitrogens is 1. The molecule has 0 aliphatic carbocycles. The molecule has 0 atom stereocenters. The molecule has 3 aromatic rings. The molecule has 0 unspecified atom stereocenters. The Balaban J connectivity index is 2.27. The number of nitrogens with zero attached hydrogens (tertiary/aromatic N) is 1. The van der Waals surface area contributed by atoms with Gasteiger partial charge in [0.1, 0.15) is 17.2 Å². The van der Waals surface area contributed by atoms with E-state index in [0.717, 1.165) is 5.56 Å². The molecule has 0 spiro atoms. The van der Waals surface area contributed by atoms with Gasteiger partial charge in [-0.25, -0.2) is 0 Å². The first kappa shape index (κ1) is 20.3. The van der Waals surface area contributed by atoms with Crippen molar-refractivity contribution in [2.24, 2.45) is 0 Å². The second-order valence-corrected chi connectivity index (χ2v) is 6.34. The van der Waals surface area contributed by atoms with Gasteiger partial charge in [0.05, 0.1) is 45.8 Å². The summed E-state index contributed by atoms with van der Waals surface area (Å²) in [6.07, 6.45) is 1.91. The van der Waals surface area contributed by atoms with E-state index >= 15 is 0 Å². The van der Waals surface area contributed by atoms with Crippen LogP contribution in [0, 0.1) is 0 Å². The standard InChI is InChI=1S/C22H23NO6/c1-26-15-7-5-14(6-8-15)17-13-23(10-9-20(24)29-4)18-11-16(27-2)12-19(28-3)21(18)22(17)25/h5-8,11-13H,9-10H2,1-4H3. The maximum absolute atomic E-state index is 13.4. The summed E-state index contributed by atoms with van der Waals surface area (Å²) in [6.45, 7) is 0.336. The van der Waals surface area contributed by atoms with Crippen molar-refractivity contribution in [3.05, 3.63) is 52.8 Å². The number of pyridine rings is 1. The molecule has 0 bridgehead atoms. The minimum Gasteiger partial charge on any atom is -0.497 e. The maximum Gasteiger partial charge on any atom is 0.307 e. The molecule has 152 valence electrons. The molecule has 0 aliphatic heterocycles. The van der Waals surface area contributed by atoms with Crippen LogP contribution in [-0.4, -0.2) is 39.0 Å². The second kappa shape index (κ2) is 8.68. The van der Waals surface area contributed by atoms with Crippen LogP contribution in [-0.2, 0) is 16.1 Å². The molecule has 0 fully saturated rings. The lowest BCUT2D eigenvalue weighted by molar-refractivity contribution is -0.140. The van der Waals surface area contributed by atoms with Crippen LogP contribution in [0.1, 0.15) is 6.42 Å². The van der Waals surface area contributed by atoms with Crippen LogP contribution >= 0.6 is 0 Å². The fourth-order valence-corrected chi connectivity index (χ4v) is 3.20. The monoisotopic (exact) mass is 397 g/mol. The topological polar surface area (TPSA) is 76.0 Å². The molecule has 0 saturated heterocycles. The van der Waals surface area contributed by atoms with Crippen LogP contribution in [0.5, 0.6) is 17.2 Å². The van der Waals surface area contributed by atoms with Gasteiger partial charge in [0.15, 0.2) is 0 Å². The van der Waals surface area contributed by atoms with Gasteiger partial charge in [0, 0.05) is 30.4 Å². The SMILES string of the molecule is COC(=O)CCn1cc(-c2ccc(OC)cc2)c(=O)c2c(OC)cc(OC)cc21. The van der Waals surface area contributed by atoms with Crippen molar-refractivity contribution in [2.75, 3.05) is 28.4 Å². The van der Waals surface area contributed by atoms with Gasteiger partial charge in [-0.3, -0.25) is 9.59 Å². The first-order chi connectivity index (χ1) is 14.0. The van der Waals surface area contributed by atoms with E-state index in [-0.39, 0.29) is 17.8 Å². The van der Waals surface area contributed by atoms with Crippen LogP contribution in [0.15, 0.2) is 47.4 Å². The zero-order valence-electron chi connectivity index (χ0n) is 16.9. The largest absolute Gasteiger partial charge is 0.497 e. The van der Waals surface area contributed by atoms with Crippen LogP contribution in [0.25, 0.3) is 22.0 Å². The molecule has 0 amide bonds. The number of fused-ring (bicyclic) bond motifs is 1. The van der Waals surface area contributed by atoms with Crippen LogP contribution in [0.3, 0.4) is 0 Å². The number of hydrogen-bond donors (Lipinski definition) is 0. The molecule has 1 aromatic heterocycles. The van der Waals surface area contributed by atoms with Crippen molar-refractivity contribution in [1.29, 1.82) is 0 Å². The summed E-state index contributed by atoms with van der Waals surface area (Å²) in [7, 11) is 5.99. The highest BCUT2D eigenvalue weighted by Crippen LogP contribution is 2.31. The molecular weight excluding hydrogens is 374 g/mol. The normalized spacial score (nSPS) is 10.6.